The van der Waals surface area contributed by atoms with Crippen LogP contribution in [0, 0.1) is 11.7 Å². The second kappa shape index (κ2) is 9.37. The summed E-state index contributed by atoms with van der Waals surface area (Å²) in [5, 5.41) is 3.99. The van der Waals surface area contributed by atoms with E-state index in [-0.39, 0.29) is 41.8 Å². The molecule has 3 unspecified atom stereocenters. The summed E-state index contributed by atoms with van der Waals surface area (Å²) in [4.78, 5) is 6.74. The SMILES string of the molecule is CCN=C(NC1CC1c1c(F)cccc1Cl)N(C)CC1CCOC1.I. The molecule has 0 radical (unpaired) electrons. The van der Waals surface area contributed by atoms with Gasteiger partial charge < -0.3 is 15.0 Å². The van der Waals surface area contributed by atoms with Crippen molar-refractivity contribution in [3.63, 3.8) is 0 Å². The van der Waals surface area contributed by atoms with E-state index in [2.05, 4.69) is 15.2 Å². The van der Waals surface area contributed by atoms with Gasteiger partial charge in [0.2, 0.25) is 0 Å². The van der Waals surface area contributed by atoms with Gasteiger partial charge in [-0.1, -0.05) is 17.7 Å². The summed E-state index contributed by atoms with van der Waals surface area (Å²) >= 11 is 6.18. The quantitative estimate of drug-likeness (QED) is 0.394. The molecule has 1 aromatic rings. The van der Waals surface area contributed by atoms with E-state index in [1.54, 1.807) is 12.1 Å². The number of nitrogens with zero attached hydrogens (tertiary/aromatic N) is 2. The largest absolute Gasteiger partial charge is 0.381 e. The average Bonchev–Trinajstić information content (AvgIpc) is 3.08. The van der Waals surface area contributed by atoms with E-state index in [0.29, 0.717) is 23.0 Å². The predicted octanol–water partition coefficient (Wildman–Crippen LogP) is 3.89. The summed E-state index contributed by atoms with van der Waals surface area (Å²) in [6, 6.07) is 5.06. The van der Waals surface area contributed by atoms with Crippen molar-refractivity contribution >= 4 is 41.5 Å². The first-order chi connectivity index (χ1) is 11.6. The number of hydrogen-bond donors (Lipinski definition) is 1. The summed E-state index contributed by atoms with van der Waals surface area (Å²) in [7, 11) is 2.05. The van der Waals surface area contributed by atoms with Crippen LogP contribution < -0.4 is 5.32 Å². The molecular formula is C18H26ClFIN3O. The highest BCUT2D eigenvalue weighted by molar-refractivity contribution is 14.0. The molecule has 0 bridgehead atoms. The first kappa shape index (κ1) is 20.7. The summed E-state index contributed by atoms with van der Waals surface area (Å²) in [5.74, 6) is 1.32. The van der Waals surface area contributed by atoms with E-state index in [9.17, 15) is 4.39 Å². The van der Waals surface area contributed by atoms with Gasteiger partial charge in [-0.2, -0.15) is 0 Å². The predicted molar refractivity (Wildman–Crippen MR) is 111 cm³/mol. The van der Waals surface area contributed by atoms with Crippen molar-refractivity contribution in [1.82, 2.24) is 10.2 Å². The van der Waals surface area contributed by atoms with E-state index < -0.39 is 0 Å². The summed E-state index contributed by atoms with van der Waals surface area (Å²) in [6.45, 7) is 5.32. The molecule has 0 amide bonds. The molecule has 0 spiro atoms. The zero-order valence-electron chi connectivity index (χ0n) is 14.7. The molecular weight excluding hydrogens is 456 g/mol. The summed E-state index contributed by atoms with van der Waals surface area (Å²) < 4.78 is 19.5. The van der Waals surface area contributed by atoms with Gasteiger partial charge in [0.25, 0.3) is 0 Å². The number of benzene rings is 1. The lowest BCUT2D eigenvalue weighted by atomic mass is 10.1. The number of ether oxygens (including phenoxy) is 1. The molecule has 1 saturated carbocycles. The lowest BCUT2D eigenvalue weighted by Crippen LogP contribution is -2.43. The third-order valence-corrected chi connectivity index (χ3v) is 5.03. The van der Waals surface area contributed by atoms with Gasteiger partial charge in [0.1, 0.15) is 5.82 Å². The topological polar surface area (TPSA) is 36.9 Å². The van der Waals surface area contributed by atoms with Crippen LogP contribution in [0.5, 0.6) is 0 Å². The Balaban J connectivity index is 0.00000225. The van der Waals surface area contributed by atoms with Crippen molar-refractivity contribution in [2.75, 3.05) is 33.4 Å². The molecule has 2 aliphatic rings. The van der Waals surface area contributed by atoms with Gasteiger partial charge in [-0.15, -0.1) is 24.0 Å². The molecule has 3 rings (SSSR count). The van der Waals surface area contributed by atoms with Crippen LogP contribution in [0.2, 0.25) is 5.02 Å². The molecule has 1 aliphatic heterocycles. The second-order valence-electron chi connectivity index (χ2n) is 6.64. The molecule has 1 saturated heterocycles. The van der Waals surface area contributed by atoms with E-state index >= 15 is 0 Å². The van der Waals surface area contributed by atoms with Gasteiger partial charge in [0.05, 0.1) is 6.61 Å². The molecule has 1 N–H and O–H groups in total. The lowest BCUT2D eigenvalue weighted by Gasteiger charge is -2.25. The second-order valence-corrected chi connectivity index (χ2v) is 7.04. The molecule has 4 nitrogen and oxygen atoms in total. The molecule has 2 fully saturated rings. The maximum atomic E-state index is 14.1. The maximum Gasteiger partial charge on any atom is 0.193 e. The summed E-state index contributed by atoms with van der Waals surface area (Å²) in [6.07, 6.45) is 1.98. The molecule has 1 aliphatic carbocycles. The highest BCUT2D eigenvalue weighted by Gasteiger charge is 2.42. The molecule has 140 valence electrons. The Morgan fingerprint density at radius 2 is 2.28 bits per heavy atom. The van der Waals surface area contributed by atoms with Crippen LogP contribution >= 0.6 is 35.6 Å². The van der Waals surface area contributed by atoms with E-state index in [4.69, 9.17) is 16.3 Å². The van der Waals surface area contributed by atoms with Gasteiger partial charge in [0, 0.05) is 55.2 Å². The Morgan fingerprint density at radius 3 is 2.92 bits per heavy atom. The normalized spacial score (nSPS) is 25.4. The molecule has 1 heterocycles. The van der Waals surface area contributed by atoms with Crippen LogP contribution in [-0.4, -0.2) is 50.3 Å². The van der Waals surface area contributed by atoms with Crippen LogP contribution in [0.25, 0.3) is 0 Å². The van der Waals surface area contributed by atoms with Crippen LogP contribution in [0.1, 0.15) is 31.2 Å². The highest BCUT2D eigenvalue weighted by atomic mass is 127. The van der Waals surface area contributed by atoms with Crippen molar-refractivity contribution in [3.05, 3.63) is 34.6 Å². The monoisotopic (exact) mass is 481 g/mol. The Hall–Kier alpha value is -0.600. The van der Waals surface area contributed by atoms with Gasteiger partial charge in [-0.05, 0) is 31.9 Å². The smallest absolute Gasteiger partial charge is 0.193 e. The lowest BCUT2D eigenvalue weighted by molar-refractivity contribution is 0.181. The first-order valence-electron chi connectivity index (χ1n) is 8.64. The zero-order valence-corrected chi connectivity index (χ0v) is 17.8. The van der Waals surface area contributed by atoms with Crippen molar-refractivity contribution in [1.29, 1.82) is 0 Å². The van der Waals surface area contributed by atoms with Gasteiger partial charge in [-0.3, -0.25) is 4.99 Å². The van der Waals surface area contributed by atoms with Gasteiger partial charge in [-0.25, -0.2) is 4.39 Å². The van der Waals surface area contributed by atoms with Crippen LogP contribution in [0.15, 0.2) is 23.2 Å². The third-order valence-electron chi connectivity index (χ3n) is 4.70. The van der Waals surface area contributed by atoms with Crippen molar-refractivity contribution in [3.8, 4) is 0 Å². The minimum Gasteiger partial charge on any atom is -0.381 e. The van der Waals surface area contributed by atoms with E-state index in [1.165, 1.54) is 6.07 Å². The van der Waals surface area contributed by atoms with Gasteiger partial charge >= 0.3 is 0 Å². The Morgan fingerprint density at radius 1 is 1.48 bits per heavy atom. The van der Waals surface area contributed by atoms with Crippen molar-refractivity contribution < 1.29 is 9.13 Å². The number of rotatable bonds is 5. The van der Waals surface area contributed by atoms with Crippen molar-refractivity contribution in [2.24, 2.45) is 10.9 Å². The van der Waals surface area contributed by atoms with E-state index in [0.717, 1.165) is 38.6 Å². The van der Waals surface area contributed by atoms with Crippen LogP contribution in [0.4, 0.5) is 4.39 Å². The number of guanidine groups is 1. The standard InChI is InChI=1S/C18H25ClFN3O.HI/c1-3-21-18(23(2)10-12-7-8-24-11-12)22-16-9-13(16)17-14(19)5-4-6-15(17)20;/h4-6,12-13,16H,3,7-11H2,1-2H3,(H,21,22);1H. The molecule has 25 heavy (non-hydrogen) atoms. The third kappa shape index (κ3) is 5.20. The minimum absolute atomic E-state index is 0. The summed E-state index contributed by atoms with van der Waals surface area (Å²) in [5.41, 5.74) is 0.624. The Bertz CT molecular complexity index is 590. The van der Waals surface area contributed by atoms with Crippen LogP contribution in [-0.2, 0) is 4.74 Å². The number of nitrogens with one attached hydrogen (secondary N) is 1. The molecule has 3 atom stereocenters. The first-order valence-corrected chi connectivity index (χ1v) is 9.01. The fourth-order valence-electron chi connectivity index (χ4n) is 3.33. The van der Waals surface area contributed by atoms with Crippen LogP contribution in [0.3, 0.4) is 0 Å². The average molecular weight is 482 g/mol. The van der Waals surface area contributed by atoms with E-state index in [1.807, 2.05) is 14.0 Å². The number of aliphatic imine (C=N–C) groups is 1. The molecule has 1 aromatic carbocycles. The Labute approximate surface area is 171 Å². The maximum absolute atomic E-state index is 14.1. The van der Waals surface area contributed by atoms with Crippen molar-refractivity contribution in [2.45, 2.75) is 31.7 Å². The zero-order chi connectivity index (χ0) is 17.1. The minimum atomic E-state index is -0.220. The highest BCUT2D eigenvalue weighted by Crippen LogP contribution is 2.44. The van der Waals surface area contributed by atoms with Gasteiger partial charge in [0.15, 0.2) is 5.96 Å². The fraction of sp³-hybridized carbons (Fsp3) is 0.611. The molecule has 7 heteroatoms. The number of hydrogen-bond acceptors (Lipinski definition) is 2. The fourth-order valence-corrected chi connectivity index (χ4v) is 3.63. The number of halogens is 3. The Kier molecular flexibility index (Phi) is 7.76. The molecule has 0 aromatic heterocycles.